The third-order valence-corrected chi connectivity index (χ3v) is 3.50. The quantitative estimate of drug-likeness (QED) is 0.521. The van der Waals surface area contributed by atoms with Crippen molar-refractivity contribution in [2.24, 2.45) is 0 Å². The first-order valence-electron chi connectivity index (χ1n) is 7.95. The van der Waals surface area contributed by atoms with E-state index in [0.29, 0.717) is 19.6 Å². The first-order valence-corrected chi connectivity index (χ1v) is 7.95. The van der Waals surface area contributed by atoms with Gasteiger partial charge < -0.3 is 14.2 Å². The lowest BCUT2D eigenvalue weighted by atomic mass is 10.2. The zero-order valence-corrected chi connectivity index (χ0v) is 13.7. The molecule has 0 aliphatic carbocycles. The van der Waals surface area contributed by atoms with E-state index in [1.165, 1.54) is 0 Å². The molecule has 23 heavy (non-hydrogen) atoms. The summed E-state index contributed by atoms with van der Waals surface area (Å²) in [5.41, 5.74) is 0.880. The van der Waals surface area contributed by atoms with Gasteiger partial charge in [-0.05, 0) is 50.5 Å². The minimum Gasteiger partial charge on any atom is -0.497 e. The molecule has 0 atom stereocenters. The highest BCUT2D eigenvalue weighted by molar-refractivity contribution is 5.86. The number of hydrogen-bond donors (Lipinski definition) is 0. The molecule has 0 aliphatic heterocycles. The van der Waals surface area contributed by atoms with E-state index < -0.39 is 0 Å². The number of ether oxygens (including phenoxy) is 3. The van der Waals surface area contributed by atoms with Crippen LogP contribution in [0.4, 0.5) is 0 Å². The summed E-state index contributed by atoms with van der Waals surface area (Å²) >= 11 is 0. The van der Waals surface area contributed by atoms with Crippen molar-refractivity contribution < 1.29 is 19.0 Å². The fraction of sp³-hybridized carbons (Fsp3) is 0.444. The predicted molar refractivity (Wildman–Crippen MR) is 88.9 cm³/mol. The topological polar surface area (TPSA) is 57.7 Å². The minimum absolute atomic E-state index is 0.124. The Morgan fingerprint density at radius 2 is 2.04 bits per heavy atom. The van der Waals surface area contributed by atoms with Gasteiger partial charge in [0.1, 0.15) is 11.5 Å². The standard InChI is InChI=1S/C18H23NO4/c1-3-22-18(20)7-5-4-6-12-23-17-10-11-19-16-9-8-14(21-2)13-15(16)17/h8-11,13H,3-7,12H2,1-2H3. The molecule has 5 nitrogen and oxygen atoms in total. The summed E-state index contributed by atoms with van der Waals surface area (Å²) in [4.78, 5) is 15.6. The molecule has 0 unspecified atom stereocenters. The van der Waals surface area contributed by atoms with E-state index in [9.17, 15) is 4.79 Å². The van der Waals surface area contributed by atoms with Crippen LogP contribution in [0, 0.1) is 0 Å². The molecule has 0 saturated heterocycles. The fourth-order valence-electron chi connectivity index (χ4n) is 2.32. The van der Waals surface area contributed by atoms with Crippen LogP contribution in [-0.4, -0.2) is 31.3 Å². The van der Waals surface area contributed by atoms with Crippen molar-refractivity contribution in [3.63, 3.8) is 0 Å². The van der Waals surface area contributed by atoms with Gasteiger partial charge in [-0.1, -0.05) is 0 Å². The highest BCUT2D eigenvalue weighted by Gasteiger charge is 2.05. The predicted octanol–water partition coefficient (Wildman–Crippen LogP) is 3.75. The second-order valence-corrected chi connectivity index (χ2v) is 5.16. The van der Waals surface area contributed by atoms with Crippen LogP contribution in [0.1, 0.15) is 32.6 Å². The Balaban J connectivity index is 1.82. The molecule has 5 heteroatoms. The number of carbonyl (C=O) groups excluding carboxylic acids is 1. The van der Waals surface area contributed by atoms with E-state index in [-0.39, 0.29) is 5.97 Å². The van der Waals surface area contributed by atoms with Crippen molar-refractivity contribution in [1.82, 2.24) is 4.98 Å². The van der Waals surface area contributed by atoms with E-state index in [1.54, 1.807) is 13.3 Å². The Morgan fingerprint density at radius 1 is 1.17 bits per heavy atom. The average molecular weight is 317 g/mol. The van der Waals surface area contributed by atoms with Crippen LogP contribution in [0.3, 0.4) is 0 Å². The summed E-state index contributed by atoms with van der Waals surface area (Å²) in [5, 5.41) is 0.943. The van der Waals surface area contributed by atoms with Gasteiger partial charge in [-0.25, -0.2) is 0 Å². The zero-order chi connectivity index (χ0) is 16.5. The molecular weight excluding hydrogens is 294 g/mol. The first-order chi connectivity index (χ1) is 11.2. The fourth-order valence-corrected chi connectivity index (χ4v) is 2.32. The SMILES string of the molecule is CCOC(=O)CCCCCOc1ccnc2ccc(OC)cc12. The molecule has 0 radical (unpaired) electrons. The van der Waals surface area contributed by atoms with Gasteiger partial charge in [-0.2, -0.15) is 0 Å². The van der Waals surface area contributed by atoms with Crippen LogP contribution in [0.25, 0.3) is 10.9 Å². The lowest BCUT2D eigenvalue weighted by Gasteiger charge is -2.10. The smallest absolute Gasteiger partial charge is 0.305 e. The molecular formula is C18H23NO4. The Kier molecular flexibility index (Phi) is 6.66. The molecule has 1 aromatic heterocycles. The van der Waals surface area contributed by atoms with Crippen molar-refractivity contribution >= 4 is 16.9 Å². The second kappa shape index (κ2) is 8.98. The maximum Gasteiger partial charge on any atom is 0.305 e. The van der Waals surface area contributed by atoms with Crippen molar-refractivity contribution in [2.75, 3.05) is 20.3 Å². The number of fused-ring (bicyclic) bond motifs is 1. The van der Waals surface area contributed by atoms with Gasteiger partial charge in [-0.3, -0.25) is 9.78 Å². The number of hydrogen-bond acceptors (Lipinski definition) is 5. The number of esters is 1. The summed E-state index contributed by atoms with van der Waals surface area (Å²) in [6.07, 6.45) is 4.87. The average Bonchev–Trinajstić information content (AvgIpc) is 2.57. The zero-order valence-electron chi connectivity index (χ0n) is 13.7. The van der Waals surface area contributed by atoms with Crippen LogP contribution < -0.4 is 9.47 Å². The van der Waals surface area contributed by atoms with Crippen molar-refractivity contribution in [3.8, 4) is 11.5 Å². The number of methoxy groups -OCH3 is 1. The molecule has 0 spiro atoms. The maximum absolute atomic E-state index is 11.2. The first kappa shape index (κ1) is 17.1. The van der Waals surface area contributed by atoms with Crippen molar-refractivity contribution in [2.45, 2.75) is 32.6 Å². The van der Waals surface area contributed by atoms with Gasteiger partial charge in [0.05, 0.1) is 25.8 Å². The number of aromatic nitrogens is 1. The van der Waals surface area contributed by atoms with Crippen LogP contribution in [-0.2, 0) is 9.53 Å². The number of unbranched alkanes of at least 4 members (excludes halogenated alkanes) is 2. The molecule has 1 heterocycles. The molecule has 0 fully saturated rings. The summed E-state index contributed by atoms with van der Waals surface area (Å²) < 4.78 is 16.0. The Labute approximate surface area is 136 Å². The van der Waals surface area contributed by atoms with E-state index in [0.717, 1.165) is 41.7 Å². The molecule has 0 saturated carbocycles. The Hall–Kier alpha value is -2.30. The molecule has 0 bridgehead atoms. The maximum atomic E-state index is 11.2. The van der Waals surface area contributed by atoms with Gasteiger partial charge in [0.15, 0.2) is 0 Å². The Bertz CT molecular complexity index is 642. The van der Waals surface area contributed by atoms with E-state index in [2.05, 4.69) is 4.98 Å². The van der Waals surface area contributed by atoms with Crippen LogP contribution >= 0.6 is 0 Å². The lowest BCUT2D eigenvalue weighted by molar-refractivity contribution is -0.143. The van der Waals surface area contributed by atoms with Crippen molar-refractivity contribution in [1.29, 1.82) is 0 Å². The normalized spacial score (nSPS) is 10.5. The van der Waals surface area contributed by atoms with E-state index in [4.69, 9.17) is 14.2 Å². The summed E-state index contributed by atoms with van der Waals surface area (Å²) in [6.45, 7) is 2.87. The molecule has 0 aliphatic rings. The van der Waals surface area contributed by atoms with E-state index in [1.807, 2.05) is 31.2 Å². The van der Waals surface area contributed by atoms with Gasteiger partial charge >= 0.3 is 5.97 Å². The molecule has 2 rings (SSSR count). The summed E-state index contributed by atoms with van der Waals surface area (Å²) in [7, 11) is 1.64. The van der Waals surface area contributed by atoms with Gasteiger partial charge in [0.25, 0.3) is 0 Å². The molecule has 124 valence electrons. The van der Waals surface area contributed by atoms with Crippen LogP contribution in [0.15, 0.2) is 30.5 Å². The molecule has 2 aromatic rings. The number of benzene rings is 1. The van der Waals surface area contributed by atoms with Crippen LogP contribution in [0.5, 0.6) is 11.5 Å². The van der Waals surface area contributed by atoms with Crippen LogP contribution in [0.2, 0.25) is 0 Å². The number of rotatable bonds is 9. The number of pyridine rings is 1. The third-order valence-electron chi connectivity index (χ3n) is 3.50. The summed E-state index contributed by atoms with van der Waals surface area (Å²) in [6, 6.07) is 7.59. The summed E-state index contributed by atoms with van der Waals surface area (Å²) in [5.74, 6) is 1.46. The van der Waals surface area contributed by atoms with Gasteiger partial charge in [-0.15, -0.1) is 0 Å². The molecule has 0 N–H and O–H groups in total. The van der Waals surface area contributed by atoms with Gasteiger partial charge in [0, 0.05) is 18.0 Å². The Morgan fingerprint density at radius 3 is 2.83 bits per heavy atom. The minimum atomic E-state index is -0.124. The number of carbonyl (C=O) groups is 1. The third kappa shape index (κ3) is 5.13. The highest BCUT2D eigenvalue weighted by atomic mass is 16.5. The van der Waals surface area contributed by atoms with Crippen molar-refractivity contribution in [3.05, 3.63) is 30.5 Å². The number of nitrogens with zero attached hydrogens (tertiary/aromatic N) is 1. The van der Waals surface area contributed by atoms with Gasteiger partial charge in [0.2, 0.25) is 0 Å². The highest BCUT2D eigenvalue weighted by Crippen LogP contribution is 2.27. The molecule has 0 amide bonds. The second-order valence-electron chi connectivity index (χ2n) is 5.16. The monoisotopic (exact) mass is 317 g/mol. The largest absolute Gasteiger partial charge is 0.497 e. The lowest BCUT2D eigenvalue weighted by Crippen LogP contribution is -2.04. The molecule has 1 aromatic carbocycles. The van der Waals surface area contributed by atoms with E-state index >= 15 is 0 Å².